The molecule has 2 N–H and O–H groups in total. The van der Waals surface area contributed by atoms with Gasteiger partial charge in [-0.05, 0) is 37.6 Å². The molecule has 2 rings (SSSR count). The normalized spacial score (nSPS) is 12.0. The molecule has 1 aromatic heterocycles. The standard InChI is InChI=1S/C14H17FN2S/c1-14(2,16)9-18-8-10-5-6-12(15)11-4-3-7-17-13(10)11/h3-7H,8-9,16H2,1-2H3. The van der Waals surface area contributed by atoms with E-state index in [1.165, 1.54) is 6.07 Å². The van der Waals surface area contributed by atoms with Gasteiger partial charge in [-0.15, -0.1) is 0 Å². The molecule has 1 heterocycles. The maximum atomic E-state index is 13.6. The lowest BCUT2D eigenvalue weighted by Crippen LogP contribution is -2.34. The topological polar surface area (TPSA) is 38.9 Å². The zero-order valence-corrected chi connectivity index (χ0v) is 11.4. The van der Waals surface area contributed by atoms with Crippen molar-refractivity contribution in [1.29, 1.82) is 0 Å². The molecule has 2 nitrogen and oxygen atoms in total. The van der Waals surface area contributed by atoms with Crippen LogP contribution in [0, 0.1) is 5.82 Å². The van der Waals surface area contributed by atoms with Crippen LogP contribution in [0.1, 0.15) is 19.4 Å². The van der Waals surface area contributed by atoms with Crippen LogP contribution in [-0.2, 0) is 5.75 Å². The van der Waals surface area contributed by atoms with Gasteiger partial charge in [0.2, 0.25) is 0 Å². The number of fused-ring (bicyclic) bond motifs is 1. The van der Waals surface area contributed by atoms with E-state index in [1.54, 1.807) is 36.2 Å². The highest BCUT2D eigenvalue weighted by Gasteiger charge is 2.12. The molecule has 18 heavy (non-hydrogen) atoms. The van der Waals surface area contributed by atoms with E-state index < -0.39 is 0 Å². The molecule has 0 saturated heterocycles. The third kappa shape index (κ3) is 3.21. The van der Waals surface area contributed by atoms with Gasteiger partial charge in [-0.25, -0.2) is 4.39 Å². The fourth-order valence-electron chi connectivity index (χ4n) is 1.74. The summed E-state index contributed by atoms with van der Waals surface area (Å²) in [6.07, 6.45) is 1.70. The lowest BCUT2D eigenvalue weighted by atomic mass is 10.1. The Morgan fingerprint density at radius 3 is 2.83 bits per heavy atom. The number of pyridine rings is 1. The van der Waals surface area contributed by atoms with Crippen LogP contribution in [0.2, 0.25) is 0 Å². The lowest BCUT2D eigenvalue weighted by Gasteiger charge is -2.17. The summed E-state index contributed by atoms with van der Waals surface area (Å²) in [5, 5.41) is 0.586. The summed E-state index contributed by atoms with van der Waals surface area (Å²) in [6.45, 7) is 4.00. The van der Waals surface area contributed by atoms with Crippen LogP contribution < -0.4 is 5.73 Å². The predicted octanol–water partition coefficient (Wildman–Crippen LogP) is 3.34. The molecule has 0 fully saturated rings. The zero-order valence-electron chi connectivity index (χ0n) is 10.6. The third-order valence-electron chi connectivity index (χ3n) is 2.53. The minimum Gasteiger partial charge on any atom is -0.325 e. The van der Waals surface area contributed by atoms with Crippen LogP contribution in [-0.4, -0.2) is 16.3 Å². The second-order valence-electron chi connectivity index (χ2n) is 5.09. The quantitative estimate of drug-likeness (QED) is 0.920. The van der Waals surface area contributed by atoms with E-state index in [2.05, 4.69) is 4.98 Å². The fraction of sp³-hybridized carbons (Fsp3) is 0.357. The summed E-state index contributed by atoms with van der Waals surface area (Å²) in [5.74, 6) is 1.44. The largest absolute Gasteiger partial charge is 0.325 e. The number of benzene rings is 1. The van der Waals surface area contributed by atoms with Crippen LogP contribution in [0.5, 0.6) is 0 Å². The third-order valence-corrected chi connectivity index (χ3v) is 3.99. The lowest BCUT2D eigenvalue weighted by molar-refractivity contribution is 0.591. The highest BCUT2D eigenvalue weighted by atomic mass is 32.2. The Bertz CT molecular complexity index is 549. The van der Waals surface area contributed by atoms with Crippen LogP contribution in [0.3, 0.4) is 0 Å². The van der Waals surface area contributed by atoms with Crippen molar-refractivity contribution in [1.82, 2.24) is 4.98 Å². The van der Waals surface area contributed by atoms with Gasteiger partial charge in [-0.1, -0.05) is 6.07 Å². The van der Waals surface area contributed by atoms with Crippen molar-refractivity contribution in [2.24, 2.45) is 5.73 Å². The molecule has 0 bridgehead atoms. The van der Waals surface area contributed by atoms with Crippen molar-refractivity contribution in [3.63, 3.8) is 0 Å². The summed E-state index contributed by atoms with van der Waals surface area (Å²) in [4.78, 5) is 4.27. The highest BCUT2D eigenvalue weighted by molar-refractivity contribution is 7.98. The molecule has 0 aliphatic rings. The second kappa shape index (κ2) is 5.24. The van der Waals surface area contributed by atoms with E-state index in [-0.39, 0.29) is 11.4 Å². The first-order valence-corrected chi connectivity index (χ1v) is 7.01. The van der Waals surface area contributed by atoms with Gasteiger partial charge in [0.25, 0.3) is 0 Å². The smallest absolute Gasteiger partial charge is 0.132 e. The molecular weight excluding hydrogens is 247 g/mol. The molecule has 1 aromatic carbocycles. The number of hydrogen-bond acceptors (Lipinski definition) is 3. The average Bonchev–Trinajstić information content (AvgIpc) is 2.31. The summed E-state index contributed by atoms with van der Waals surface area (Å²) < 4.78 is 13.6. The zero-order chi connectivity index (χ0) is 13.2. The number of nitrogens with zero attached hydrogens (tertiary/aromatic N) is 1. The van der Waals surface area contributed by atoms with Crippen LogP contribution in [0.4, 0.5) is 4.39 Å². The number of rotatable bonds is 4. The van der Waals surface area contributed by atoms with Crippen molar-refractivity contribution in [2.75, 3.05) is 5.75 Å². The number of aromatic nitrogens is 1. The minimum atomic E-state index is -0.217. The van der Waals surface area contributed by atoms with E-state index in [1.807, 2.05) is 13.8 Å². The van der Waals surface area contributed by atoms with Crippen molar-refractivity contribution in [3.8, 4) is 0 Å². The first-order valence-electron chi connectivity index (χ1n) is 5.86. The van der Waals surface area contributed by atoms with E-state index in [9.17, 15) is 4.39 Å². The van der Waals surface area contributed by atoms with Gasteiger partial charge in [0.1, 0.15) is 5.82 Å². The summed E-state index contributed by atoms with van der Waals surface area (Å²) in [5.41, 5.74) is 7.56. The Morgan fingerprint density at radius 1 is 1.33 bits per heavy atom. The molecule has 0 aliphatic heterocycles. The van der Waals surface area contributed by atoms with Gasteiger partial charge in [-0.2, -0.15) is 11.8 Å². The SMILES string of the molecule is CC(C)(N)CSCc1ccc(F)c2cccnc12. The Kier molecular flexibility index (Phi) is 3.88. The van der Waals surface area contributed by atoms with Crippen molar-refractivity contribution in [2.45, 2.75) is 25.1 Å². The van der Waals surface area contributed by atoms with Gasteiger partial charge < -0.3 is 5.73 Å². The van der Waals surface area contributed by atoms with Gasteiger partial charge in [0, 0.05) is 28.6 Å². The van der Waals surface area contributed by atoms with E-state index in [0.29, 0.717) is 5.39 Å². The van der Waals surface area contributed by atoms with E-state index in [4.69, 9.17) is 5.73 Å². The first kappa shape index (κ1) is 13.3. The molecule has 0 saturated carbocycles. The molecule has 0 amide bonds. The Hall–Kier alpha value is -1.13. The maximum absolute atomic E-state index is 13.6. The molecule has 4 heteroatoms. The first-order chi connectivity index (χ1) is 8.47. The van der Waals surface area contributed by atoms with Crippen molar-refractivity contribution >= 4 is 22.7 Å². The molecule has 96 valence electrons. The number of hydrogen-bond donors (Lipinski definition) is 1. The van der Waals surface area contributed by atoms with Crippen molar-refractivity contribution in [3.05, 3.63) is 41.8 Å². The second-order valence-corrected chi connectivity index (χ2v) is 6.07. The van der Waals surface area contributed by atoms with E-state index in [0.717, 1.165) is 22.6 Å². The Balaban J connectivity index is 2.21. The minimum absolute atomic E-state index is 0.187. The number of thioether (sulfide) groups is 1. The summed E-state index contributed by atoms with van der Waals surface area (Å²) >= 11 is 1.75. The molecule has 0 spiro atoms. The van der Waals surface area contributed by atoms with Gasteiger partial charge in [0.15, 0.2) is 0 Å². The van der Waals surface area contributed by atoms with E-state index >= 15 is 0 Å². The molecule has 0 aliphatic carbocycles. The van der Waals surface area contributed by atoms with Gasteiger partial charge in [0.05, 0.1) is 5.52 Å². The monoisotopic (exact) mass is 264 g/mol. The molecule has 0 atom stereocenters. The number of nitrogens with two attached hydrogens (primary N) is 1. The molecule has 0 radical (unpaired) electrons. The summed E-state index contributed by atoms with van der Waals surface area (Å²) in [7, 11) is 0. The molecule has 2 aromatic rings. The average molecular weight is 264 g/mol. The van der Waals surface area contributed by atoms with Crippen molar-refractivity contribution < 1.29 is 4.39 Å². The Labute approximate surface area is 111 Å². The van der Waals surface area contributed by atoms with Crippen LogP contribution >= 0.6 is 11.8 Å². The summed E-state index contributed by atoms with van der Waals surface area (Å²) in [6, 6.07) is 6.83. The van der Waals surface area contributed by atoms with Crippen LogP contribution in [0.25, 0.3) is 10.9 Å². The highest BCUT2D eigenvalue weighted by Crippen LogP contribution is 2.24. The molecule has 0 unspecified atom stereocenters. The fourth-order valence-corrected chi connectivity index (χ4v) is 2.82. The number of halogens is 1. The predicted molar refractivity (Wildman–Crippen MR) is 76.1 cm³/mol. The van der Waals surface area contributed by atoms with Crippen LogP contribution in [0.15, 0.2) is 30.5 Å². The Morgan fingerprint density at radius 2 is 2.11 bits per heavy atom. The molecular formula is C14H17FN2S. The maximum Gasteiger partial charge on any atom is 0.132 e. The van der Waals surface area contributed by atoms with Gasteiger partial charge >= 0.3 is 0 Å². The van der Waals surface area contributed by atoms with Gasteiger partial charge in [-0.3, -0.25) is 4.98 Å².